The van der Waals surface area contributed by atoms with Crippen molar-refractivity contribution in [2.75, 3.05) is 40.9 Å². The predicted molar refractivity (Wildman–Crippen MR) is 333 cm³/mol. The summed E-state index contributed by atoms with van der Waals surface area (Å²) in [6.07, 6.45) is 78.0. The van der Waals surface area contributed by atoms with Crippen molar-refractivity contribution in [3.8, 4) is 0 Å². The van der Waals surface area contributed by atoms with Crippen molar-refractivity contribution >= 4 is 13.7 Å². The van der Waals surface area contributed by atoms with Crippen LogP contribution in [0.15, 0.2) is 97.2 Å². The van der Waals surface area contributed by atoms with Gasteiger partial charge in [0.05, 0.1) is 39.9 Å². The van der Waals surface area contributed by atoms with E-state index in [1.807, 2.05) is 21.1 Å². The van der Waals surface area contributed by atoms with Crippen LogP contribution in [0.4, 0.5) is 0 Å². The molecule has 0 aromatic heterocycles. The molecule has 0 saturated heterocycles. The number of allylic oxidation sites excluding steroid dienone is 16. The number of quaternary nitrogens is 1. The first kappa shape index (κ1) is 74.4. The van der Waals surface area contributed by atoms with E-state index in [-0.39, 0.29) is 18.9 Å². The highest BCUT2D eigenvalue weighted by atomic mass is 31.2. The molecule has 0 aromatic carbocycles. The fourth-order valence-corrected chi connectivity index (χ4v) is 9.72. The fourth-order valence-electron chi connectivity index (χ4n) is 8.98. The van der Waals surface area contributed by atoms with Gasteiger partial charge in [0.1, 0.15) is 19.3 Å². The maximum absolute atomic E-state index is 13.0. The van der Waals surface area contributed by atoms with Gasteiger partial charge in [-0.1, -0.05) is 278 Å². The van der Waals surface area contributed by atoms with Crippen molar-refractivity contribution in [1.29, 1.82) is 0 Å². The van der Waals surface area contributed by atoms with Gasteiger partial charge in [0, 0.05) is 6.42 Å². The quantitative estimate of drug-likeness (QED) is 0.0207. The Morgan fingerprint density at radius 3 is 1.18 bits per heavy atom. The van der Waals surface area contributed by atoms with Gasteiger partial charge in [-0.25, -0.2) is 4.57 Å². The summed E-state index contributed by atoms with van der Waals surface area (Å²) in [5.74, 6) is -0.259. The number of phosphoric acid groups is 1. The Morgan fingerprint density at radius 2 is 0.805 bits per heavy atom. The lowest BCUT2D eigenvalue weighted by Gasteiger charge is -2.28. The molecule has 0 aliphatic rings. The molecule has 4 N–H and O–H groups in total. The van der Waals surface area contributed by atoms with E-state index in [1.165, 1.54) is 148 Å². The molecule has 4 atom stereocenters. The molecule has 0 aromatic rings. The van der Waals surface area contributed by atoms with E-state index in [0.717, 1.165) is 89.9 Å². The SMILES string of the molecule is CC/C=C\C/C=C\C/C=C\C/C=C\C/C=C\C/C=C\C/C=C\C/C=C\CCCCCCCCCCCCCCCCCCC(=O)NC(COP(=O)(O)OCC[N+](C)(C)C)C(O)C(O)CCCCCCCCCCCCCC. The molecule has 0 aliphatic carbocycles. The van der Waals surface area contributed by atoms with Gasteiger partial charge in [-0.05, 0) is 77.0 Å². The Kier molecular flexibility index (Phi) is 54.7. The highest BCUT2D eigenvalue weighted by Crippen LogP contribution is 2.43. The average Bonchev–Trinajstić information content (AvgIpc) is 3.39. The molecule has 0 rings (SSSR count). The number of carbonyl (C=O) groups is 1. The van der Waals surface area contributed by atoms with E-state index in [9.17, 15) is 24.5 Å². The summed E-state index contributed by atoms with van der Waals surface area (Å²) in [4.78, 5) is 23.4. The first-order chi connectivity index (χ1) is 37.4. The first-order valence-electron chi connectivity index (χ1n) is 31.7. The fraction of sp³-hybridized carbons (Fsp3) is 0.746. The third kappa shape index (κ3) is 57.9. The summed E-state index contributed by atoms with van der Waals surface area (Å²) in [6, 6.07) is -1.04. The van der Waals surface area contributed by atoms with Crippen molar-refractivity contribution in [2.45, 2.75) is 283 Å². The zero-order chi connectivity index (χ0) is 56.4. The minimum atomic E-state index is -4.42. The number of likely N-dealkylation sites (N-methyl/N-ethyl adjacent to an activating group) is 1. The van der Waals surface area contributed by atoms with Crippen LogP contribution in [0.25, 0.3) is 0 Å². The summed E-state index contributed by atoms with van der Waals surface area (Å²) in [5, 5.41) is 24.8. The van der Waals surface area contributed by atoms with Crippen LogP contribution < -0.4 is 5.32 Å². The van der Waals surface area contributed by atoms with Gasteiger partial charge in [-0.3, -0.25) is 13.8 Å². The zero-order valence-electron chi connectivity index (χ0n) is 50.5. The molecular formula is C67H122N2O7P+. The maximum atomic E-state index is 13.0. The average molecular weight is 1100 g/mol. The summed E-state index contributed by atoms with van der Waals surface area (Å²) >= 11 is 0. The summed E-state index contributed by atoms with van der Waals surface area (Å²) in [7, 11) is 1.43. The summed E-state index contributed by atoms with van der Waals surface area (Å²) < 4.78 is 23.6. The number of carbonyl (C=O) groups excluding carboxylic acids is 1. The van der Waals surface area contributed by atoms with Crippen LogP contribution in [0, 0.1) is 0 Å². The van der Waals surface area contributed by atoms with Crippen LogP contribution >= 0.6 is 7.82 Å². The van der Waals surface area contributed by atoms with Crippen LogP contribution in [0.3, 0.4) is 0 Å². The van der Waals surface area contributed by atoms with E-state index < -0.39 is 32.7 Å². The number of nitrogens with zero attached hydrogens (tertiary/aromatic N) is 1. The van der Waals surface area contributed by atoms with Crippen molar-refractivity contribution in [2.24, 2.45) is 0 Å². The maximum Gasteiger partial charge on any atom is 0.472 e. The minimum absolute atomic E-state index is 0.0199. The van der Waals surface area contributed by atoms with E-state index in [2.05, 4.69) is 116 Å². The van der Waals surface area contributed by atoms with Gasteiger partial charge in [-0.15, -0.1) is 0 Å². The second-order valence-electron chi connectivity index (χ2n) is 22.5. The molecule has 0 spiro atoms. The van der Waals surface area contributed by atoms with Gasteiger partial charge >= 0.3 is 7.82 Å². The number of hydrogen-bond acceptors (Lipinski definition) is 6. The second kappa shape index (κ2) is 56.6. The second-order valence-corrected chi connectivity index (χ2v) is 24.0. The van der Waals surface area contributed by atoms with E-state index in [4.69, 9.17) is 9.05 Å². The molecular weight excluding hydrogens is 976 g/mol. The topological polar surface area (TPSA) is 125 Å². The van der Waals surface area contributed by atoms with Gasteiger partial charge in [-0.2, -0.15) is 0 Å². The summed E-state index contributed by atoms with van der Waals surface area (Å²) in [6.45, 7) is 4.50. The molecule has 10 heteroatoms. The molecule has 1 amide bonds. The highest BCUT2D eigenvalue weighted by Gasteiger charge is 2.32. The van der Waals surface area contributed by atoms with Gasteiger partial charge in [0.2, 0.25) is 5.91 Å². The number of unbranched alkanes of at least 4 members (excludes halogenated alkanes) is 27. The third-order valence-corrected chi connectivity index (χ3v) is 14.9. The molecule has 0 fully saturated rings. The molecule has 0 saturated carbocycles. The standard InChI is InChI=1S/C67H121N2O7P/c1-6-8-10-12-14-16-18-20-21-22-23-24-25-26-27-28-29-30-31-32-33-34-35-36-37-38-39-40-41-42-43-44-45-46-47-48-50-52-54-56-58-60-66(71)68-64(63-76-77(73,74)75-62-61-69(3,4)5)67(72)65(70)59-57-55-53-51-49-19-17-15-13-11-9-7-2/h8,10,14,16,20-21,23-24,26-27,29-30,32-33,35-36,64-65,67,70,72H,6-7,9,11-13,15,17-19,22,25,28,31,34,37-63H2,1-5H3,(H-,68,71,73,74)/p+1/b10-8-,16-14-,21-20-,24-23-,27-26-,30-29-,33-32-,36-35-. The lowest BCUT2D eigenvalue weighted by molar-refractivity contribution is -0.870. The lowest BCUT2D eigenvalue weighted by atomic mass is 9.99. The Labute approximate surface area is 475 Å². The Balaban J connectivity index is 4.01. The van der Waals surface area contributed by atoms with Gasteiger partial charge < -0.3 is 24.9 Å². The van der Waals surface area contributed by atoms with Crippen LogP contribution in [0.5, 0.6) is 0 Å². The predicted octanol–water partition coefficient (Wildman–Crippen LogP) is 18.7. The Morgan fingerprint density at radius 1 is 0.468 bits per heavy atom. The van der Waals surface area contributed by atoms with Crippen molar-refractivity contribution in [3.05, 3.63) is 97.2 Å². The van der Waals surface area contributed by atoms with Crippen LogP contribution in [-0.4, -0.2) is 84.6 Å². The molecule has 77 heavy (non-hydrogen) atoms. The lowest BCUT2D eigenvalue weighted by Crippen LogP contribution is -2.51. The van der Waals surface area contributed by atoms with E-state index in [0.29, 0.717) is 17.4 Å². The van der Waals surface area contributed by atoms with Crippen molar-refractivity contribution < 1.29 is 38.0 Å². The molecule has 4 unspecified atom stereocenters. The van der Waals surface area contributed by atoms with Crippen LogP contribution in [0.2, 0.25) is 0 Å². The van der Waals surface area contributed by atoms with Gasteiger partial charge in [0.25, 0.3) is 0 Å². The van der Waals surface area contributed by atoms with Crippen molar-refractivity contribution in [3.63, 3.8) is 0 Å². The highest BCUT2D eigenvalue weighted by molar-refractivity contribution is 7.47. The largest absolute Gasteiger partial charge is 0.472 e. The molecule has 0 aliphatic heterocycles. The molecule has 0 radical (unpaired) electrons. The minimum Gasteiger partial charge on any atom is -0.390 e. The number of hydrogen-bond donors (Lipinski definition) is 4. The number of aliphatic hydroxyl groups excluding tert-OH is 2. The number of nitrogens with one attached hydrogen (secondary N) is 1. The number of rotatable bonds is 57. The number of phosphoric ester groups is 1. The van der Waals surface area contributed by atoms with Crippen LogP contribution in [-0.2, 0) is 18.4 Å². The Bertz CT molecular complexity index is 1590. The van der Waals surface area contributed by atoms with E-state index in [1.54, 1.807) is 0 Å². The van der Waals surface area contributed by atoms with Gasteiger partial charge in [0.15, 0.2) is 0 Å². The molecule has 9 nitrogen and oxygen atoms in total. The number of amides is 1. The summed E-state index contributed by atoms with van der Waals surface area (Å²) in [5.41, 5.74) is 0. The molecule has 446 valence electrons. The normalized spacial score (nSPS) is 14.9. The molecule has 0 bridgehead atoms. The monoisotopic (exact) mass is 1100 g/mol. The Hall–Kier alpha value is -2.62. The number of aliphatic hydroxyl groups is 2. The van der Waals surface area contributed by atoms with Crippen molar-refractivity contribution in [1.82, 2.24) is 5.32 Å². The smallest absolute Gasteiger partial charge is 0.390 e. The first-order valence-corrected chi connectivity index (χ1v) is 33.2. The zero-order valence-corrected chi connectivity index (χ0v) is 51.4. The molecule has 0 heterocycles. The third-order valence-electron chi connectivity index (χ3n) is 13.9. The van der Waals surface area contributed by atoms with Crippen LogP contribution in [0.1, 0.15) is 264 Å². The van der Waals surface area contributed by atoms with E-state index >= 15 is 0 Å².